The minimum atomic E-state index is 0.376. The normalized spacial score (nSPS) is 38.4. The zero-order valence-corrected chi connectivity index (χ0v) is 13.3. The van der Waals surface area contributed by atoms with Crippen LogP contribution in [0.4, 0.5) is 0 Å². The maximum Gasteiger partial charge on any atom is 0.223 e. The monoisotopic (exact) mass is 295 g/mol. The van der Waals surface area contributed by atoms with E-state index in [1.807, 2.05) is 0 Å². The molecule has 0 saturated heterocycles. The lowest BCUT2D eigenvalue weighted by Gasteiger charge is -2.56. The molecule has 0 spiro atoms. The molecule has 0 unspecified atom stereocenters. The van der Waals surface area contributed by atoms with Crippen LogP contribution < -0.4 is 0 Å². The molecule has 4 saturated carbocycles. The summed E-state index contributed by atoms with van der Waals surface area (Å²) in [4.78, 5) is 15.0. The molecule has 0 radical (unpaired) electrons. The first kappa shape index (κ1) is 13.2. The van der Waals surface area contributed by atoms with Gasteiger partial charge < -0.3 is 4.90 Å². The number of rotatable bonds is 2. The summed E-state index contributed by atoms with van der Waals surface area (Å²) < 4.78 is 0. The largest absolute Gasteiger partial charge is 0.334 e. The van der Waals surface area contributed by atoms with Crippen molar-refractivity contribution in [3.63, 3.8) is 0 Å². The summed E-state index contributed by atoms with van der Waals surface area (Å²) in [6.07, 6.45) is 9.22. The fraction of sp³-hybridized carbons (Fsp3) is 0.650. The van der Waals surface area contributed by atoms with Crippen molar-refractivity contribution < 1.29 is 4.79 Å². The first-order valence-electron chi connectivity index (χ1n) is 9.04. The van der Waals surface area contributed by atoms with Crippen LogP contribution in [0.25, 0.3) is 0 Å². The van der Waals surface area contributed by atoms with Crippen LogP contribution >= 0.6 is 0 Å². The molecule has 4 bridgehead atoms. The van der Waals surface area contributed by atoms with E-state index in [0.29, 0.717) is 11.3 Å². The molecular formula is C20H25NO. The SMILES string of the molecule is O=C(CC12CC3CC(CC(C3)C1)C2)N1Cc2ccccc2C1. The molecule has 0 aromatic heterocycles. The Morgan fingerprint density at radius 1 is 0.955 bits per heavy atom. The topological polar surface area (TPSA) is 20.3 Å². The molecule has 1 aromatic carbocycles. The van der Waals surface area contributed by atoms with Gasteiger partial charge in [0.25, 0.3) is 0 Å². The van der Waals surface area contributed by atoms with Gasteiger partial charge in [0, 0.05) is 19.5 Å². The standard InChI is InChI=1S/C20H25NO/c22-19(21-12-17-3-1-2-4-18(17)13-21)11-20-8-14-5-15(9-20)7-16(6-14)10-20/h1-4,14-16H,5-13H2. The van der Waals surface area contributed by atoms with Crippen molar-refractivity contribution in [1.29, 1.82) is 0 Å². The molecule has 116 valence electrons. The first-order chi connectivity index (χ1) is 10.7. The van der Waals surface area contributed by atoms with E-state index in [0.717, 1.165) is 37.3 Å². The Morgan fingerprint density at radius 3 is 1.95 bits per heavy atom. The minimum Gasteiger partial charge on any atom is -0.334 e. The summed E-state index contributed by atoms with van der Waals surface area (Å²) in [6, 6.07) is 8.53. The van der Waals surface area contributed by atoms with Gasteiger partial charge >= 0.3 is 0 Å². The molecule has 1 amide bonds. The van der Waals surface area contributed by atoms with Crippen LogP contribution in [0.15, 0.2) is 24.3 Å². The van der Waals surface area contributed by atoms with E-state index >= 15 is 0 Å². The molecule has 5 aliphatic rings. The van der Waals surface area contributed by atoms with Crippen molar-refractivity contribution >= 4 is 5.91 Å². The third-order valence-electron chi connectivity index (χ3n) is 6.88. The summed E-state index contributed by atoms with van der Waals surface area (Å²) in [6.45, 7) is 1.67. The molecule has 6 rings (SSSR count). The molecule has 2 nitrogen and oxygen atoms in total. The second-order valence-electron chi connectivity index (χ2n) is 8.61. The van der Waals surface area contributed by atoms with Crippen LogP contribution in [0.5, 0.6) is 0 Å². The summed E-state index contributed by atoms with van der Waals surface area (Å²) in [7, 11) is 0. The highest BCUT2D eigenvalue weighted by Crippen LogP contribution is 2.61. The second-order valence-corrected chi connectivity index (χ2v) is 8.61. The molecule has 1 aromatic rings. The number of carbonyl (C=O) groups excluding carboxylic acids is 1. The lowest BCUT2D eigenvalue weighted by atomic mass is 9.49. The predicted octanol–water partition coefficient (Wildman–Crippen LogP) is 4.14. The van der Waals surface area contributed by atoms with E-state index in [1.165, 1.54) is 49.7 Å². The Hall–Kier alpha value is -1.31. The highest BCUT2D eigenvalue weighted by atomic mass is 16.2. The Bertz CT molecular complexity index is 560. The van der Waals surface area contributed by atoms with Gasteiger partial charge in [0.05, 0.1) is 0 Å². The molecule has 4 aliphatic carbocycles. The van der Waals surface area contributed by atoms with E-state index in [4.69, 9.17) is 0 Å². The van der Waals surface area contributed by atoms with Crippen molar-refractivity contribution in [2.45, 2.75) is 58.0 Å². The quantitative estimate of drug-likeness (QED) is 0.803. The van der Waals surface area contributed by atoms with Gasteiger partial charge in [-0.3, -0.25) is 4.79 Å². The van der Waals surface area contributed by atoms with Crippen LogP contribution in [0.1, 0.15) is 56.1 Å². The van der Waals surface area contributed by atoms with Gasteiger partial charge in [0.1, 0.15) is 0 Å². The Balaban J connectivity index is 1.32. The molecule has 0 atom stereocenters. The lowest BCUT2D eigenvalue weighted by Crippen LogP contribution is -2.48. The van der Waals surface area contributed by atoms with Crippen molar-refractivity contribution in [3.8, 4) is 0 Å². The smallest absolute Gasteiger partial charge is 0.223 e. The summed E-state index contributed by atoms with van der Waals surface area (Å²) in [5, 5.41) is 0. The molecule has 22 heavy (non-hydrogen) atoms. The van der Waals surface area contributed by atoms with Gasteiger partial charge in [-0.25, -0.2) is 0 Å². The number of carbonyl (C=O) groups is 1. The van der Waals surface area contributed by atoms with E-state index in [-0.39, 0.29) is 0 Å². The second kappa shape index (κ2) is 4.59. The number of hydrogen-bond acceptors (Lipinski definition) is 1. The number of amides is 1. The van der Waals surface area contributed by atoms with Gasteiger partial charge in [-0.1, -0.05) is 24.3 Å². The third kappa shape index (κ3) is 2.03. The zero-order valence-electron chi connectivity index (χ0n) is 13.3. The van der Waals surface area contributed by atoms with Gasteiger partial charge in [0.2, 0.25) is 5.91 Å². The van der Waals surface area contributed by atoms with E-state index in [9.17, 15) is 4.79 Å². The third-order valence-corrected chi connectivity index (χ3v) is 6.88. The number of benzene rings is 1. The average Bonchev–Trinajstić information content (AvgIpc) is 2.89. The zero-order chi connectivity index (χ0) is 14.7. The maximum absolute atomic E-state index is 12.9. The van der Waals surface area contributed by atoms with Crippen LogP contribution in [-0.2, 0) is 17.9 Å². The summed E-state index contributed by atoms with van der Waals surface area (Å²) in [5.74, 6) is 3.23. The molecular weight excluding hydrogens is 270 g/mol. The van der Waals surface area contributed by atoms with E-state index in [1.54, 1.807) is 0 Å². The highest BCUT2D eigenvalue weighted by molar-refractivity contribution is 5.77. The van der Waals surface area contributed by atoms with Gasteiger partial charge in [-0.15, -0.1) is 0 Å². The van der Waals surface area contributed by atoms with E-state index < -0.39 is 0 Å². The van der Waals surface area contributed by atoms with Crippen molar-refractivity contribution in [3.05, 3.63) is 35.4 Å². The first-order valence-corrected chi connectivity index (χ1v) is 9.04. The molecule has 1 aliphatic heterocycles. The highest BCUT2D eigenvalue weighted by Gasteiger charge is 2.51. The fourth-order valence-electron chi connectivity index (χ4n) is 6.45. The average molecular weight is 295 g/mol. The molecule has 0 N–H and O–H groups in total. The number of hydrogen-bond donors (Lipinski definition) is 0. The van der Waals surface area contributed by atoms with Crippen molar-refractivity contribution in [2.24, 2.45) is 23.2 Å². The van der Waals surface area contributed by atoms with Gasteiger partial charge in [-0.2, -0.15) is 0 Å². The minimum absolute atomic E-state index is 0.376. The fourth-order valence-corrected chi connectivity index (χ4v) is 6.45. The van der Waals surface area contributed by atoms with Crippen LogP contribution in [0, 0.1) is 23.2 Å². The molecule has 4 fully saturated rings. The van der Waals surface area contributed by atoms with Crippen LogP contribution in [-0.4, -0.2) is 10.8 Å². The van der Waals surface area contributed by atoms with Gasteiger partial charge in [0.15, 0.2) is 0 Å². The lowest BCUT2D eigenvalue weighted by molar-refractivity contribution is -0.140. The summed E-state index contributed by atoms with van der Waals surface area (Å²) in [5.41, 5.74) is 3.07. The van der Waals surface area contributed by atoms with Crippen molar-refractivity contribution in [2.75, 3.05) is 0 Å². The van der Waals surface area contributed by atoms with Gasteiger partial charge in [-0.05, 0) is 72.8 Å². The maximum atomic E-state index is 12.9. The Morgan fingerprint density at radius 2 is 1.45 bits per heavy atom. The predicted molar refractivity (Wildman–Crippen MR) is 85.9 cm³/mol. The number of nitrogens with zero attached hydrogens (tertiary/aromatic N) is 1. The van der Waals surface area contributed by atoms with Crippen LogP contribution in [0.3, 0.4) is 0 Å². The van der Waals surface area contributed by atoms with Crippen LogP contribution in [0.2, 0.25) is 0 Å². The summed E-state index contributed by atoms with van der Waals surface area (Å²) >= 11 is 0. The molecule has 2 heteroatoms. The molecule has 1 heterocycles. The Kier molecular flexibility index (Phi) is 2.75. The Labute approximate surface area is 132 Å². The van der Waals surface area contributed by atoms with E-state index in [2.05, 4.69) is 29.2 Å². The number of fused-ring (bicyclic) bond motifs is 1. The van der Waals surface area contributed by atoms with Crippen molar-refractivity contribution in [1.82, 2.24) is 4.90 Å².